The number of nitrogens with zero attached hydrogens (tertiary/aromatic N) is 4. The van der Waals surface area contributed by atoms with E-state index in [1.165, 1.54) is 0 Å². The number of H-pyrrole nitrogens is 1. The van der Waals surface area contributed by atoms with Crippen molar-refractivity contribution in [3.05, 3.63) is 28.8 Å². The van der Waals surface area contributed by atoms with Gasteiger partial charge in [0.05, 0.1) is 6.54 Å². The van der Waals surface area contributed by atoms with Crippen LogP contribution in [-0.4, -0.2) is 31.5 Å². The van der Waals surface area contributed by atoms with Crippen LogP contribution in [0.1, 0.15) is 27.6 Å². The second-order valence-electron chi connectivity index (χ2n) is 3.36. The Kier molecular flexibility index (Phi) is 2.32. The molecule has 1 N–H and O–H groups in total. The van der Waals surface area contributed by atoms with Crippen LogP contribution in [0.15, 0.2) is 6.07 Å². The number of aryl methyl sites for hydroxylation is 1. The Balaban J connectivity index is 2.36. The Morgan fingerprint density at radius 2 is 2.33 bits per heavy atom. The lowest BCUT2D eigenvalue weighted by molar-refractivity contribution is 0.112. The van der Waals surface area contributed by atoms with E-state index in [9.17, 15) is 4.79 Å². The van der Waals surface area contributed by atoms with E-state index < -0.39 is 0 Å². The van der Waals surface area contributed by atoms with Gasteiger partial charge in [-0.25, -0.2) is 0 Å². The van der Waals surface area contributed by atoms with E-state index in [0.717, 1.165) is 17.7 Å². The molecular weight excluding hydrogens is 194 g/mol. The number of carbonyl (C=O) groups excluding carboxylic acids is 1. The van der Waals surface area contributed by atoms with Crippen molar-refractivity contribution in [2.45, 2.75) is 20.4 Å². The molecule has 0 aliphatic carbocycles. The first-order valence-corrected chi connectivity index (χ1v) is 4.56. The molecule has 6 nitrogen and oxygen atoms in total. The summed E-state index contributed by atoms with van der Waals surface area (Å²) in [6.45, 7) is 4.37. The van der Waals surface area contributed by atoms with Crippen LogP contribution >= 0.6 is 0 Å². The Morgan fingerprint density at radius 3 is 2.87 bits per heavy atom. The van der Waals surface area contributed by atoms with Crippen LogP contribution in [0.2, 0.25) is 0 Å². The van der Waals surface area contributed by atoms with Crippen LogP contribution in [0, 0.1) is 13.8 Å². The molecule has 2 aromatic heterocycles. The number of nitrogens with one attached hydrogen (secondary N) is 1. The highest BCUT2D eigenvalue weighted by Gasteiger charge is 2.10. The molecule has 0 saturated heterocycles. The van der Waals surface area contributed by atoms with Crippen molar-refractivity contribution < 1.29 is 4.79 Å². The van der Waals surface area contributed by atoms with Gasteiger partial charge in [0.2, 0.25) is 0 Å². The monoisotopic (exact) mass is 205 g/mol. The van der Waals surface area contributed by atoms with E-state index in [1.807, 2.05) is 24.5 Å². The largest absolute Gasteiger partial charge is 0.341 e. The van der Waals surface area contributed by atoms with Crippen LogP contribution in [0.3, 0.4) is 0 Å². The third-order valence-electron chi connectivity index (χ3n) is 2.43. The molecule has 0 spiro atoms. The number of tetrazole rings is 1. The molecule has 2 aromatic rings. The molecule has 0 unspecified atom stereocenters. The van der Waals surface area contributed by atoms with Gasteiger partial charge in [-0.2, -0.15) is 5.21 Å². The van der Waals surface area contributed by atoms with Crippen molar-refractivity contribution in [2.24, 2.45) is 0 Å². The fraction of sp³-hybridized carbons (Fsp3) is 0.333. The molecule has 0 aliphatic heterocycles. The number of rotatable bonds is 3. The quantitative estimate of drug-likeness (QED) is 0.739. The molecule has 0 fully saturated rings. The molecule has 78 valence electrons. The standard InChI is InChI=1S/C9H11N5O/c1-6-3-8(5-15)7(2)14(6)4-9-10-12-13-11-9/h3,5H,4H2,1-2H3,(H,10,11,12,13). The maximum absolute atomic E-state index is 10.7. The van der Waals surface area contributed by atoms with E-state index in [0.29, 0.717) is 17.9 Å². The fourth-order valence-electron chi connectivity index (χ4n) is 1.58. The molecule has 2 rings (SSSR count). The highest BCUT2D eigenvalue weighted by Crippen LogP contribution is 2.13. The van der Waals surface area contributed by atoms with Crippen molar-refractivity contribution in [1.29, 1.82) is 0 Å². The van der Waals surface area contributed by atoms with Crippen molar-refractivity contribution in [3.8, 4) is 0 Å². The Bertz CT molecular complexity index is 471. The van der Waals surface area contributed by atoms with Crippen LogP contribution in [0.5, 0.6) is 0 Å². The summed E-state index contributed by atoms with van der Waals surface area (Å²) in [5, 5.41) is 13.6. The molecule has 0 saturated carbocycles. The second kappa shape index (κ2) is 3.64. The summed E-state index contributed by atoms with van der Waals surface area (Å²) in [5.74, 6) is 0.606. The summed E-state index contributed by atoms with van der Waals surface area (Å²) < 4.78 is 1.98. The Hall–Kier alpha value is -1.98. The number of carbonyl (C=O) groups is 1. The maximum Gasteiger partial charge on any atom is 0.194 e. The van der Waals surface area contributed by atoms with Gasteiger partial charge in [0.15, 0.2) is 12.1 Å². The van der Waals surface area contributed by atoms with Crippen molar-refractivity contribution >= 4 is 6.29 Å². The number of hydrogen-bond acceptors (Lipinski definition) is 4. The summed E-state index contributed by atoms with van der Waals surface area (Å²) >= 11 is 0. The van der Waals surface area contributed by atoms with E-state index in [2.05, 4.69) is 20.6 Å². The topological polar surface area (TPSA) is 76.5 Å². The lowest BCUT2D eigenvalue weighted by atomic mass is 10.3. The summed E-state index contributed by atoms with van der Waals surface area (Å²) in [5.41, 5.74) is 2.64. The van der Waals surface area contributed by atoms with Crippen LogP contribution in [0.4, 0.5) is 0 Å². The molecule has 0 radical (unpaired) electrons. The zero-order chi connectivity index (χ0) is 10.8. The first-order chi connectivity index (χ1) is 7.22. The van der Waals surface area contributed by atoms with Gasteiger partial charge in [-0.15, -0.1) is 10.2 Å². The highest BCUT2D eigenvalue weighted by molar-refractivity contribution is 5.77. The Morgan fingerprint density at radius 1 is 1.53 bits per heavy atom. The third-order valence-corrected chi connectivity index (χ3v) is 2.43. The smallest absolute Gasteiger partial charge is 0.194 e. The predicted octanol–water partition coefficient (Wildman–Crippen LogP) is 0.479. The molecule has 2 heterocycles. The van der Waals surface area contributed by atoms with Gasteiger partial charge in [-0.3, -0.25) is 4.79 Å². The number of aromatic nitrogens is 5. The first kappa shape index (κ1) is 9.57. The van der Waals surface area contributed by atoms with E-state index in [-0.39, 0.29) is 0 Å². The fourth-order valence-corrected chi connectivity index (χ4v) is 1.58. The molecule has 0 atom stereocenters. The summed E-state index contributed by atoms with van der Waals surface area (Å²) in [4.78, 5) is 10.7. The SMILES string of the molecule is Cc1cc(C=O)c(C)n1Cc1nn[nH]n1. The molecule has 0 bridgehead atoms. The molecule has 6 heteroatoms. The second-order valence-corrected chi connectivity index (χ2v) is 3.36. The van der Waals surface area contributed by atoms with Crippen molar-refractivity contribution in [2.75, 3.05) is 0 Å². The Labute approximate surface area is 86.3 Å². The van der Waals surface area contributed by atoms with Crippen molar-refractivity contribution in [3.63, 3.8) is 0 Å². The van der Waals surface area contributed by atoms with Gasteiger partial charge < -0.3 is 4.57 Å². The lowest BCUT2D eigenvalue weighted by Gasteiger charge is -2.05. The molecular formula is C9H11N5O. The lowest BCUT2D eigenvalue weighted by Crippen LogP contribution is -2.05. The minimum atomic E-state index is 0.530. The normalized spacial score (nSPS) is 10.5. The van der Waals surface area contributed by atoms with E-state index in [1.54, 1.807) is 0 Å². The van der Waals surface area contributed by atoms with Gasteiger partial charge in [0, 0.05) is 17.0 Å². The summed E-state index contributed by atoms with van der Waals surface area (Å²) in [7, 11) is 0. The van der Waals surface area contributed by atoms with Gasteiger partial charge in [-0.1, -0.05) is 5.21 Å². The summed E-state index contributed by atoms with van der Waals surface area (Å²) in [6.07, 6.45) is 0.856. The zero-order valence-corrected chi connectivity index (χ0v) is 8.56. The summed E-state index contributed by atoms with van der Waals surface area (Å²) in [6, 6.07) is 1.85. The molecule has 15 heavy (non-hydrogen) atoms. The van der Waals surface area contributed by atoms with Gasteiger partial charge in [0.1, 0.15) is 0 Å². The zero-order valence-electron chi connectivity index (χ0n) is 8.56. The number of aromatic amines is 1. The average Bonchev–Trinajstić information content (AvgIpc) is 2.81. The molecule has 0 aliphatic rings. The minimum absolute atomic E-state index is 0.530. The van der Waals surface area contributed by atoms with Crippen LogP contribution < -0.4 is 0 Å². The van der Waals surface area contributed by atoms with Crippen LogP contribution in [0.25, 0.3) is 0 Å². The van der Waals surface area contributed by atoms with Gasteiger partial charge >= 0.3 is 0 Å². The van der Waals surface area contributed by atoms with Gasteiger partial charge in [-0.05, 0) is 19.9 Å². The minimum Gasteiger partial charge on any atom is -0.341 e. The van der Waals surface area contributed by atoms with E-state index >= 15 is 0 Å². The van der Waals surface area contributed by atoms with Crippen molar-refractivity contribution in [1.82, 2.24) is 25.2 Å². The third kappa shape index (κ3) is 1.65. The average molecular weight is 205 g/mol. The molecule has 0 aromatic carbocycles. The number of aldehydes is 1. The highest BCUT2D eigenvalue weighted by atomic mass is 16.1. The first-order valence-electron chi connectivity index (χ1n) is 4.56. The number of hydrogen-bond donors (Lipinski definition) is 1. The van der Waals surface area contributed by atoms with Gasteiger partial charge in [0.25, 0.3) is 0 Å². The van der Waals surface area contributed by atoms with E-state index in [4.69, 9.17) is 0 Å². The maximum atomic E-state index is 10.7. The predicted molar refractivity (Wildman–Crippen MR) is 52.6 cm³/mol. The molecule has 0 amide bonds. The van der Waals surface area contributed by atoms with Crippen LogP contribution in [-0.2, 0) is 6.54 Å².